The first-order valence-corrected chi connectivity index (χ1v) is 6.51. The molecule has 1 aromatic rings. The van der Waals surface area contributed by atoms with E-state index < -0.39 is 5.97 Å². The molecule has 0 aliphatic rings. The quantitative estimate of drug-likeness (QED) is 0.778. The summed E-state index contributed by atoms with van der Waals surface area (Å²) in [7, 11) is 3.98. The number of nitrogens with one attached hydrogen (secondary N) is 1. The lowest BCUT2D eigenvalue weighted by molar-refractivity contribution is -0.122. The average Bonchev–Trinajstić information content (AvgIpc) is 2.73. The number of rotatable bonds is 7. The van der Waals surface area contributed by atoms with E-state index in [0.29, 0.717) is 6.54 Å². The summed E-state index contributed by atoms with van der Waals surface area (Å²) >= 11 is 0. The van der Waals surface area contributed by atoms with Gasteiger partial charge in [0.25, 0.3) is 0 Å². The van der Waals surface area contributed by atoms with Crippen molar-refractivity contribution >= 4 is 11.9 Å². The lowest BCUT2D eigenvalue weighted by Crippen LogP contribution is -2.41. The van der Waals surface area contributed by atoms with Crippen molar-refractivity contribution in [2.75, 3.05) is 27.2 Å². The Morgan fingerprint density at radius 2 is 2.05 bits per heavy atom. The molecule has 0 fully saturated rings. The summed E-state index contributed by atoms with van der Waals surface area (Å²) in [6, 6.07) is 3.10. The van der Waals surface area contributed by atoms with E-state index in [2.05, 4.69) is 24.1 Å². The van der Waals surface area contributed by atoms with E-state index in [-0.39, 0.29) is 23.6 Å². The number of hydrogen-bond acceptors (Lipinski definition) is 3. The van der Waals surface area contributed by atoms with Crippen molar-refractivity contribution in [3.63, 3.8) is 0 Å². The highest BCUT2D eigenvalue weighted by atomic mass is 16.4. The van der Waals surface area contributed by atoms with Crippen LogP contribution in [0.4, 0.5) is 0 Å². The van der Waals surface area contributed by atoms with Gasteiger partial charge in [-0.1, -0.05) is 13.8 Å². The van der Waals surface area contributed by atoms with Crippen molar-refractivity contribution < 1.29 is 14.7 Å². The summed E-state index contributed by atoms with van der Waals surface area (Å²) in [6.45, 7) is 5.58. The molecule has 0 atom stereocenters. The molecule has 6 nitrogen and oxygen atoms in total. The van der Waals surface area contributed by atoms with Gasteiger partial charge >= 0.3 is 5.97 Å². The SMILES string of the molecule is CN(C)CC(C)(C)CNC(=O)Cn1cccc1C(=O)O. The first kappa shape index (κ1) is 16.2. The van der Waals surface area contributed by atoms with Crippen LogP contribution in [0.2, 0.25) is 0 Å². The van der Waals surface area contributed by atoms with Crippen molar-refractivity contribution in [2.24, 2.45) is 5.41 Å². The zero-order chi connectivity index (χ0) is 15.3. The lowest BCUT2D eigenvalue weighted by atomic mass is 9.93. The molecule has 0 saturated heterocycles. The first-order valence-electron chi connectivity index (χ1n) is 6.51. The van der Waals surface area contributed by atoms with Crippen LogP contribution in [0.5, 0.6) is 0 Å². The predicted molar refractivity (Wildman–Crippen MR) is 76.7 cm³/mol. The second-order valence-corrected chi connectivity index (χ2v) is 6.01. The van der Waals surface area contributed by atoms with Crippen LogP contribution in [0.3, 0.4) is 0 Å². The third-order valence-electron chi connectivity index (χ3n) is 2.87. The number of aromatic nitrogens is 1. The molecule has 20 heavy (non-hydrogen) atoms. The number of carboxylic acid groups (broad SMARTS) is 1. The van der Waals surface area contributed by atoms with Gasteiger partial charge in [0.15, 0.2) is 0 Å². The first-order chi connectivity index (χ1) is 9.21. The van der Waals surface area contributed by atoms with Gasteiger partial charge in [0.1, 0.15) is 12.2 Å². The van der Waals surface area contributed by atoms with Crippen molar-refractivity contribution in [3.05, 3.63) is 24.0 Å². The highest BCUT2D eigenvalue weighted by molar-refractivity contribution is 5.86. The molecule has 0 spiro atoms. The van der Waals surface area contributed by atoms with Crippen LogP contribution in [0.25, 0.3) is 0 Å². The maximum Gasteiger partial charge on any atom is 0.352 e. The molecule has 0 aliphatic heterocycles. The summed E-state index contributed by atoms with van der Waals surface area (Å²) in [5.41, 5.74) is 0.0820. The fraction of sp³-hybridized carbons (Fsp3) is 0.571. The number of hydrogen-bond donors (Lipinski definition) is 2. The van der Waals surface area contributed by atoms with E-state index in [1.165, 1.54) is 10.6 Å². The van der Waals surface area contributed by atoms with Crippen LogP contribution >= 0.6 is 0 Å². The molecule has 1 heterocycles. The van der Waals surface area contributed by atoms with Gasteiger partial charge in [-0.05, 0) is 31.6 Å². The number of carbonyl (C=O) groups is 2. The molecule has 2 N–H and O–H groups in total. The van der Waals surface area contributed by atoms with E-state index in [9.17, 15) is 9.59 Å². The Kier molecular flexibility index (Phi) is 5.33. The number of aromatic carboxylic acids is 1. The molecule has 0 bridgehead atoms. The van der Waals surface area contributed by atoms with E-state index >= 15 is 0 Å². The molecule has 0 aromatic carbocycles. The van der Waals surface area contributed by atoms with Gasteiger partial charge in [0.05, 0.1) is 0 Å². The Balaban J connectivity index is 2.52. The van der Waals surface area contributed by atoms with Gasteiger partial charge in [0, 0.05) is 19.3 Å². The Morgan fingerprint density at radius 3 is 2.60 bits per heavy atom. The maximum atomic E-state index is 11.9. The highest BCUT2D eigenvalue weighted by Crippen LogP contribution is 2.14. The molecule has 1 amide bonds. The van der Waals surface area contributed by atoms with E-state index in [0.717, 1.165) is 6.54 Å². The molecular formula is C14H23N3O3. The second-order valence-electron chi connectivity index (χ2n) is 6.01. The molecule has 1 aromatic heterocycles. The molecule has 1 rings (SSSR count). The molecule has 6 heteroatoms. The van der Waals surface area contributed by atoms with Crippen LogP contribution < -0.4 is 5.32 Å². The van der Waals surface area contributed by atoms with Crippen molar-refractivity contribution in [1.82, 2.24) is 14.8 Å². The summed E-state index contributed by atoms with van der Waals surface area (Å²) in [4.78, 5) is 24.9. The van der Waals surface area contributed by atoms with Gasteiger partial charge in [-0.25, -0.2) is 4.79 Å². The number of nitrogens with zero attached hydrogens (tertiary/aromatic N) is 2. The lowest BCUT2D eigenvalue weighted by Gasteiger charge is -2.28. The molecule has 0 aliphatic carbocycles. The van der Waals surface area contributed by atoms with Gasteiger partial charge in [0.2, 0.25) is 5.91 Å². The minimum absolute atomic E-state index is 0.0205. The van der Waals surface area contributed by atoms with Crippen LogP contribution in [-0.4, -0.2) is 53.6 Å². The van der Waals surface area contributed by atoms with Crippen LogP contribution in [0.1, 0.15) is 24.3 Å². The summed E-state index contributed by atoms with van der Waals surface area (Å²) < 4.78 is 1.43. The van der Waals surface area contributed by atoms with E-state index in [4.69, 9.17) is 5.11 Å². The number of carboxylic acids is 1. The zero-order valence-electron chi connectivity index (χ0n) is 12.5. The van der Waals surface area contributed by atoms with Crippen molar-refractivity contribution in [2.45, 2.75) is 20.4 Å². The fourth-order valence-corrected chi connectivity index (χ4v) is 2.21. The molecular weight excluding hydrogens is 258 g/mol. The molecule has 0 saturated carbocycles. The standard InChI is InChI=1S/C14H23N3O3/c1-14(2,10-16(3)4)9-15-12(18)8-17-7-5-6-11(17)13(19)20/h5-7H,8-10H2,1-4H3,(H,15,18)(H,19,20). The second kappa shape index (κ2) is 6.56. The normalized spacial score (nSPS) is 11.7. The Morgan fingerprint density at radius 1 is 1.40 bits per heavy atom. The van der Waals surface area contributed by atoms with Crippen LogP contribution in [0, 0.1) is 5.41 Å². The van der Waals surface area contributed by atoms with Crippen molar-refractivity contribution in [3.8, 4) is 0 Å². The van der Waals surface area contributed by atoms with Crippen LogP contribution in [-0.2, 0) is 11.3 Å². The topological polar surface area (TPSA) is 74.6 Å². The Labute approximate surface area is 119 Å². The summed E-state index contributed by atoms with van der Waals surface area (Å²) in [6.07, 6.45) is 1.59. The van der Waals surface area contributed by atoms with Crippen LogP contribution in [0.15, 0.2) is 18.3 Å². The van der Waals surface area contributed by atoms with Gasteiger partial charge in [-0.2, -0.15) is 0 Å². The number of carbonyl (C=O) groups excluding carboxylic acids is 1. The average molecular weight is 281 g/mol. The molecule has 0 unspecified atom stereocenters. The number of amides is 1. The minimum Gasteiger partial charge on any atom is -0.477 e. The Bertz CT molecular complexity index is 478. The molecule has 0 radical (unpaired) electrons. The third-order valence-corrected chi connectivity index (χ3v) is 2.87. The highest BCUT2D eigenvalue weighted by Gasteiger charge is 2.20. The van der Waals surface area contributed by atoms with Gasteiger partial charge < -0.3 is 19.9 Å². The maximum absolute atomic E-state index is 11.9. The fourth-order valence-electron chi connectivity index (χ4n) is 2.21. The third kappa shape index (κ3) is 5.05. The van der Waals surface area contributed by atoms with Gasteiger partial charge in [-0.3, -0.25) is 4.79 Å². The smallest absolute Gasteiger partial charge is 0.352 e. The summed E-state index contributed by atoms with van der Waals surface area (Å²) in [5.74, 6) is -1.22. The molecule has 112 valence electrons. The largest absolute Gasteiger partial charge is 0.477 e. The van der Waals surface area contributed by atoms with E-state index in [1.807, 2.05) is 14.1 Å². The monoisotopic (exact) mass is 281 g/mol. The van der Waals surface area contributed by atoms with E-state index in [1.54, 1.807) is 12.3 Å². The van der Waals surface area contributed by atoms with Gasteiger partial charge in [-0.15, -0.1) is 0 Å². The Hall–Kier alpha value is -1.82. The summed E-state index contributed by atoms with van der Waals surface area (Å²) in [5, 5.41) is 11.8. The predicted octanol–water partition coefficient (Wildman–Crippen LogP) is 0.890. The zero-order valence-corrected chi connectivity index (χ0v) is 12.5. The van der Waals surface area contributed by atoms with Crippen molar-refractivity contribution in [1.29, 1.82) is 0 Å². The minimum atomic E-state index is -1.03.